The van der Waals surface area contributed by atoms with Gasteiger partial charge in [0, 0.05) is 18.6 Å². The minimum absolute atomic E-state index is 0.0648. The Morgan fingerprint density at radius 1 is 1.39 bits per heavy atom. The molecule has 0 unspecified atom stereocenters. The smallest absolute Gasteiger partial charge is 0.408 e. The van der Waals surface area contributed by atoms with E-state index in [4.69, 9.17) is 4.74 Å². The van der Waals surface area contributed by atoms with Crippen molar-refractivity contribution in [3.05, 3.63) is 51.4 Å². The molecule has 1 aliphatic rings. The van der Waals surface area contributed by atoms with Crippen LogP contribution in [0.5, 0.6) is 0 Å². The highest BCUT2D eigenvalue weighted by atomic mass is 16.6. The van der Waals surface area contributed by atoms with Crippen molar-refractivity contribution < 1.29 is 28.9 Å². The lowest BCUT2D eigenvalue weighted by Crippen LogP contribution is -2.36. The average molecular weight is 319 g/mol. The molecule has 0 spiro atoms. The van der Waals surface area contributed by atoms with Gasteiger partial charge in [0.2, 0.25) is 0 Å². The zero-order valence-corrected chi connectivity index (χ0v) is 12.4. The van der Waals surface area contributed by atoms with Crippen LogP contribution in [0.2, 0.25) is 0 Å². The van der Waals surface area contributed by atoms with Gasteiger partial charge in [0.15, 0.2) is 18.4 Å². The van der Waals surface area contributed by atoms with Crippen LogP contribution < -0.4 is 0 Å². The maximum absolute atomic E-state index is 12.1. The summed E-state index contributed by atoms with van der Waals surface area (Å²) in [5.41, 5.74) is 0.300. The summed E-state index contributed by atoms with van der Waals surface area (Å²) in [7, 11) is 0. The van der Waals surface area contributed by atoms with Crippen molar-refractivity contribution >= 4 is 23.8 Å². The van der Waals surface area contributed by atoms with Crippen LogP contribution >= 0.6 is 0 Å². The molecule has 0 radical (unpaired) electrons. The minimum atomic E-state index is -0.827. The van der Waals surface area contributed by atoms with E-state index in [-0.39, 0.29) is 42.5 Å². The van der Waals surface area contributed by atoms with Crippen molar-refractivity contribution in [3.63, 3.8) is 0 Å². The number of ether oxygens (including phenoxy) is 1. The molecule has 8 nitrogen and oxygen atoms in total. The fourth-order valence-electron chi connectivity index (χ4n) is 1.93. The molecule has 8 heteroatoms. The van der Waals surface area contributed by atoms with E-state index in [1.54, 1.807) is 6.92 Å². The Labute approximate surface area is 131 Å². The van der Waals surface area contributed by atoms with Crippen LogP contribution in [-0.2, 0) is 20.9 Å². The fraction of sp³-hybridized carbons (Fsp3) is 0.267. The maximum atomic E-state index is 12.1. The first kappa shape index (κ1) is 16.3. The van der Waals surface area contributed by atoms with Gasteiger partial charge in [0.25, 0.3) is 5.69 Å². The molecule has 0 fully saturated rings. The Kier molecular flexibility index (Phi) is 4.85. The number of benzene rings is 1. The van der Waals surface area contributed by atoms with Gasteiger partial charge < -0.3 is 9.84 Å². The minimum Gasteiger partial charge on any atom is -0.506 e. The number of nitro benzene ring substituents is 1. The summed E-state index contributed by atoms with van der Waals surface area (Å²) in [6.07, 6.45) is 1.87. The van der Waals surface area contributed by atoms with E-state index in [9.17, 15) is 24.8 Å². The first-order valence-electron chi connectivity index (χ1n) is 6.92. The van der Waals surface area contributed by atoms with Gasteiger partial charge in [-0.1, -0.05) is 6.92 Å². The molecule has 0 aliphatic carbocycles. The molecule has 1 aromatic carbocycles. The van der Waals surface area contributed by atoms with Crippen molar-refractivity contribution in [2.24, 2.45) is 0 Å². The van der Waals surface area contributed by atoms with Gasteiger partial charge in [0.1, 0.15) is 6.61 Å². The van der Waals surface area contributed by atoms with Crippen molar-refractivity contribution in [2.75, 3.05) is 0 Å². The number of allylic oxidation sites excluding steroid dienone is 1. The number of carbonyl (C=O) groups is 2. The Hall–Kier alpha value is -3.03. The fourth-order valence-corrected chi connectivity index (χ4v) is 1.93. The highest BCUT2D eigenvalue weighted by molar-refractivity contribution is 5.98. The summed E-state index contributed by atoms with van der Waals surface area (Å²) >= 11 is 0. The molecule has 0 saturated carbocycles. The van der Waals surface area contributed by atoms with Gasteiger partial charge in [-0.25, -0.2) is 9.59 Å². The van der Waals surface area contributed by atoms with Crippen LogP contribution in [0.3, 0.4) is 0 Å². The molecule has 23 heavy (non-hydrogen) atoms. The van der Waals surface area contributed by atoms with Gasteiger partial charge >= 0.3 is 17.6 Å². The number of nitrogens with zero attached hydrogens (tertiary/aromatic N) is 2. The molecule has 1 heterocycles. The summed E-state index contributed by atoms with van der Waals surface area (Å²) in [6, 6.07) is 5.54. The third-order valence-electron chi connectivity index (χ3n) is 3.28. The SMILES string of the molecule is CC/C(O)=C(/C(=O)OCc1ccc([N+](=O)[O-])cc1)[N+]1=CCC1=O. The van der Waals surface area contributed by atoms with Crippen LogP contribution in [0.25, 0.3) is 0 Å². The van der Waals surface area contributed by atoms with Gasteiger partial charge in [-0.05, 0) is 17.7 Å². The maximum Gasteiger partial charge on any atom is 0.408 e. The molecule has 0 bridgehead atoms. The van der Waals surface area contributed by atoms with E-state index in [0.717, 1.165) is 4.58 Å². The lowest BCUT2D eigenvalue weighted by molar-refractivity contribution is -0.413. The molecule has 0 aromatic heterocycles. The first-order chi connectivity index (χ1) is 10.9. The molecule has 1 aliphatic heterocycles. The molecule has 1 N–H and O–H groups in total. The standard InChI is InChI=1S/C15H14N2O6/c1-2-12(18)14(16-8-7-13(16)19)15(20)23-9-10-3-5-11(6-4-10)17(21)22/h3-6,8H,2,7,9H2,1H3/p+1. The number of carbonyl (C=O) groups excluding carboxylic acids is 2. The number of aliphatic hydroxyl groups is 1. The predicted molar refractivity (Wildman–Crippen MR) is 78.8 cm³/mol. The molecular weight excluding hydrogens is 304 g/mol. The van der Waals surface area contributed by atoms with Crippen LogP contribution in [0.1, 0.15) is 25.3 Å². The lowest BCUT2D eigenvalue weighted by atomic mass is 10.2. The number of rotatable bonds is 6. The van der Waals surface area contributed by atoms with Crippen LogP contribution in [-0.4, -0.2) is 32.7 Å². The Morgan fingerprint density at radius 3 is 2.48 bits per heavy atom. The molecule has 0 atom stereocenters. The van der Waals surface area contributed by atoms with Gasteiger partial charge in [-0.15, -0.1) is 4.58 Å². The normalized spacial score (nSPS) is 14.5. The van der Waals surface area contributed by atoms with E-state index >= 15 is 0 Å². The third kappa shape index (κ3) is 3.60. The first-order valence-corrected chi connectivity index (χ1v) is 6.92. The second-order valence-electron chi connectivity index (χ2n) is 4.80. The van der Waals surface area contributed by atoms with E-state index in [1.807, 2.05) is 0 Å². The molecular formula is C15H15N2O6+. The average Bonchev–Trinajstić information content (AvgIpc) is 2.55. The quantitative estimate of drug-likeness (QED) is 0.214. The number of amides is 1. The van der Waals surface area contributed by atoms with Gasteiger partial charge in [0.05, 0.1) is 4.92 Å². The van der Waals surface area contributed by atoms with Gasteiger partial charge in [-0.3, -0.25) is 10.1 Å². The summed E-state index contributed by atoms with van der Waals surface area (Å²) < 4.78 is 6.14. The van der Waals surface area contributed by atoms with E-state index in [0.29, 0.717) is 5.56 Å². The monoisotopic (exact) mass is 319 g/mol. The summed E-state index contributed by atoms with van der Waals surface area (Å²) in [5, 5.41) is 20.4. The topological polar surface area (TPSA) is 110 Å². The second-order valence-corrected chi connectivity index (χ2v) is 4.80. The van der Waals surface area contributed by atoms with Crippen LogP contribution in [0.4, 0.5) is 5.69 Å². The number of hydrogen-bond acceptors (Lipinski definition) is 6. The van der Waals surface area contributed by atoms with Crippen molar-refractivity contribution in [1.82, 2.24) is 0 Å². The molecule has 1 amide bonds. The lowest BCUT2D eigenvalue weighted by Gasteiger charge is -2.10. The predicted octanol–water partition coefficient (Wildman–Crippen LogP) is 1.83. The van der Waals surface area contributed by atoms with Crippen LogP contribution in [0, 0.1) is 10.1 Å². The third-order valence-corrected chi connectivity index (χ3v) is 3.28. The largest absolute Gasteiger partial charge is 0.506 e. The summed E-state index contributed by atoms with van der Waals surface area (Å²) in [6.45, 7) is 1.52. The van der Waals surface area contributed by atoms with Crippen LogP contribution in [0.15, 0.2) is 35.7 Å². The number of aliphatic hydroxyl groups excluding tert-OH is 1. The summed E-state index contributed by atoms with van der Waals surface area (Å²) in [4.78, 5) is 33.6. The number of non-ortho nitro benzene ring substituents is 1. The van der Waals surface area contributed by atoms with Crippen molar-refractivity contribution in [3.8, 4) is 0 Å². The Bertz CT molecular complexity index is 718. The highest BCUT2D eigenvalue weighted by Crippen LogP contribution is 2.16. The molecule has 120 valence electrons. The molecule has 0 saturated heterocycles. The second kappa shape index (κ2) is 6.82. The Morgan fingerprint density at radius 2 is 2.04 bits per heavy atom. The highest BCUT2D eigenvalue weighted by Gasteiger charge is 2.39. The number of nitro groups is 1. The Balaban J connectivity index is 2.08. The van der Waals surface area contributed by atoms with E-state index < -0.39 is 10.9 Å². The molecule has 2 rings (SSSR count). The zero-order valence-electron chi connectivity index (χ0n) is 12.4. The molecule has 1 aromatic rings. The number of hydrogen-bond donors (Lipinski definition) is 1. The summed E-state index contributed by atoms with van der Waals surface area (Å²) in [5.74, 6) is -1.36. The zero-order chi connectivity index (χ0) is 17.0. The van der Waals surface area contributed by atoms with Crippen molar-refractivity contribution in [2.45, 2.75) is 26.4 Å². The van der Waals surface area contributed by atoms with E-state index in [2.05, 4.69) is 0 Å². The van der Waals surface area contributed by atoms with Crippen molar-refractivity contribution in [1.29, 1.82) is 0 Å². The van der Waals surface area contributed by atoms with E-state index in [1.165, 1.54) is 30.5 Å². The van der Waals surface area contributed by atoms with Gasteiger partial charge in [-0.2, -0.15) is 0 Å². The number of esters is 1.